The predicted molar refractivity (Wildman–Crippen MR) is 87.8 cm³/mol. The van der Waals surface area contributed by atoms with Crippen molar-refractivity contribution in [2.45, 2.75) is 0 Å². The summed E-state index contributed by atoms with van der Waals surface area (Å²) in [5.41, 5.74) is 1.61. The molecule has 0 aliphatic rings. The topological polar surface area (TPSA) is 24.1 Å². The molecule has 19 heavy (non-hydrogen) atoms. The van der Waals surface area contributed by atoms with Crippen LogP contribution in [0.4, 0.5) is 11.4 Å². The average Bonchev–Trinajstić information content (AvgIpc) is 2.37. The van der Waals surface area contributed by atoms with E-state index in [-0.39, 0.29) is 0 Å². The van der Waals surface area contributed by atoms with Gasteiger partial charge in [-0.15, -0.1) is 0 Å². The summed E-state index contributed by atoms with van der Waals surface area (Å²) < 4.78 is 0. The summed E-state index contributed by atoms with van der Waals surface area (Å²) in [7, 11) is 0. The van der Waals surface area contributed by atoms with Crippen molar-refractivity contribution in [2.24, 2.45) is 0 Å². The summed E-state index contributed by atoms with van der Waals surface area (Å²) in [6, 6.07) is 12.5. The molecule has 2 nitrogen and oxygen atoms in total. The van der Waals surface area contributed by atoms with E-state index in [0.29, 0.717) is 20.2 Å². The van der Waals surface area contributed by atoms with Crippen LogP contribution in [0.25, 0.3) is 0 Å². The Morgan fingerprint density at radius 3 is 2.00 bits per heavy atom. The van der Waals surface area contributed by atoms with Gasteiger partial charge in [0.05, 0.1) is 10.0 Å². The third kappa shape index (κ3) is 4.25. The molecule has 2 rings (SSSR count). The van der Waals surface area contributed by atoms with Gasteiger partial charge in [0.25, 0.3) is 0 Å². The van der Waals surface area contributed by atoms with Gasteiger partial charge >= 0.3 is 0 Å². The zero-order valence-corrected chi connectivity index (χ0v) is 12.7. The smallest absolute Gasteiger partial charge is 0.175 e. The maximum Gasteiger partial charge on any atom is 0.175 e. The number of nitrogens with one attached hydrogen (secondary N) is 2. The van der Waals surface area contributed by atoms with Gasteiger partial charge < -0.3 is 10.6 Å². The van der Waals surface area contributed by atoms with Crippen LogP contribution in [0.5, 0.6) is 0 Å². The fraction of sp³-hybridized carbons (Fsp3) is 0. The van der Waals surface area contributed by atoms with Crippen LogP contribution in [0.15, 0.2) is 42.5 Å². The molecule has 98 valence electrons. The monoisotopic (exact) mass is 330 g/mol. The second-order valence-electron chi connectivity index (χ2n) is 3.71. The summed E-state index contributed by atoms with van der Waals surface area (Å²) in [6.45, 7) is 0. The lowest BCUT2D eigenvalue weighted by Gasteiger charge is -2.11. The zero-order valence-electron chi connectivity index (χ0n) is 9.58. The lowest BCUT2D eigenvalue weighted by atomic mass is 10.3. The lowest BCUT2D eigenvalue weighted by Crippen LogP contribution is -2.18. The number of rotatable bonds is 2. The number of hydrogen-bond donors (Lipinski definition) is 2. The number of halogens is 3. The van der Waals surface area contributed by atoms with Crippen molar-refractivity contribution in [3.63, 3.8) is 0 Å². The van der Waals surface area contributed by atoms with E-state index in [1.165, 1.54) is 0 Å². The van der Waals surface area contributed by atoms with Gasteiger partial charge in [-0.1, -0.05) is 34.8 Å². The minimum Gasteiger partial charge on any atom is -0.332 e. The molecule has 2 aromatic rings. The van der Waals surface area contributed by atoms with Crippen molar-refractivity contribution in [3.05, 3.63) is 57.5 Å². The number of anilines is 2. The maximum atomic E-state index is 5.92. The molecule has 0 aliphatic carbocycles. The van der Waals surface area contributed by atoms with Crippen LogP contribution < -0.4 is 10.6 Å². The Balaban J connectivity index is 2.01. The van der Waals surface area contributed by atoms with Gasteiger partial charge in [-0.25, -0.2) is 0 Å². The first kappa shape index (κ1) is 14.4. The van der Waals surface area contributed by atoms with E-state index in [1.54, 1.807) is 30.3 Å². The molecule has 2 aromatic carbocycles. The van der Waals surface area contributed by atoms with E-state index >= 15 is 0 Å². The quantitative estimate of drug-likeness (QED) is 0.715. The van der Waals surface area contributed by atoms with Crippen LogP contribution in [-0.2, 0) is 0 Å². The van der Waals surface area contributed by atoms with Crippen molar-refractivity contribution in [1.82, 2.24) is 0 Å². The number of hydrogen-bond acceptors (Lipinski definition) is 1. The largest absolute Gasteiger partial charge is 0.332 e. The van der Waals surface area contributed by atoms with Crippen LogP contribution >= 0.6 is 47.0 Å². The Morgan fingerprint density at radius 1 is 0.789 bits per heavy atom. The van der Waals surface area contributed by atoms with Gasteiger partial charge in [0, 0.05) is 16.4 Å². The Bertz CT molecular complexity index is 599. The van der Waals surface area contributed by atoms with Gasteiger partial charge in [0.15, 0.2) is 5.11 Å². The highest BCUT2D eigenvalue weighted by molar-refractivity contribution is 7.80. The molecule has 0 unspecified atom stereocenters. The molecule has 0 spiro atoms. The molecular weight excluding hydrogens is 323 g/mol. The summed E-state index contributed by atoms with van der Waals surface area (Å²) >= 11 is 22.8. The summed E-state index contributed by atoms with van der Waals surface area (Å²) in [5, 5.41) is 8.17. The molecule has 0 aliphatic heterocycles. The fourth-order valence-corrected chi connectivity index (χ4v) is 2.06. The predicted octanol–water partition coefficient (Wildman–Crippen LogP) is 5.46. The van der Waals surface area contributed by atoms with E-state index in [9.17, 15) is 0 Å². The second-order valence-corrected chi connectivity index (χ2v) is 5.37. The standard InChI is InChI=1S/C13H9Cl3N2S/c14-8-1-3-9(4-2-8)17-13(19)18-10-5-6-11(15)12(16)7-10/h1-7H,(H2,17,18,19). The van der Waals surface area contributed by atoms with Crippen LogP contribution in [0.2, 0.25) is 15.1 Å². The normalized spacial score (nSPS) is 10.1. The maximum absolute atomic E-state index is 5.92. The van der Waals surface area contributed by atoms with Gasteiger partial charge in [0.2, 0.25) is 0 Å². The highest BCUT2D eigenvalue weighted by Gasteiger charge is 2.02. The van der Waals surface area contributed by atoms with Crippen molar-refractivity contribution in [1.29, 1.82) is 0 Å². The van der Waals surface area contributed by atoms with Crippen LogP contribution in [0.3, 0.4) is 0 Å². The van der Waals surface area contributed by atoms with E-state index in [1.807, 2.05) is 12.1 Å². The molecule has 6 heteroatoms. The van der Waals surface area contributed by atoms with Crippen LogP contribution in [0.1, 0.15) is 0 Å². The van der Waals surface area contributed by atoms with Crippen LogP contribution in [-0.4, -0.2) is 5.11 Å². The van der Waals surface area contributed by atoms with Crippen LogP contribution in [0, 0.1) is 0 Å². The molecule has 0 saturated heterocycles. The number of benzene rings is 2. The second kappa shape index (κ2) is 6.44. The highest BCUT2D eigenvalue weighted by Crippen LogP contribution is 2.25. The molecular formula is C13H9Cl3N2S. The highest BCUT2D eigenvalue weighted by atomic mass is 35.5. The van der Waals surface area contributed by atoms with Crippen molar-refractivity contribution >= 4 is 63.5 Å². The third-order valence-corrected chi connectivity index (χ3v) is 3.47. The Hall–Kier alpha value is -1.000. The first-order chi connectivity index (χ1) is 9.04. The van der Waals surface area contributed by atoms with Gasteiger partial charge in [-0.2, -0.15) is 0 Å². The van der Waals surface area contributed by atoms with E-state index < -0.39 is 0 Å². The van der Waals surface area contributed by atoms with Gasteiger partial charge in [0.1, 0.15) is 0 Å². The molecule has 0 bridgehead atoms. The zero-order chi connectivity index (χ0) is 13.8. The fourth-order valence-electron chi connectivity index (χ4n) is 1.40. The SMILES string of the molecule is S=C(Nc1ccc(Cl)cc1)Nc1ccc(Cl)c(Cl)c1. The molecule has 0 fully saturated rings. The summed E-state index contributed by atoms with van der Waals surface area (Å²) in [5.74, 6) is 0. The molecule has 0 atom stereocenters. The molecule has 0 amide bonds. The summed E-state index contributed by atoms with van der Waals surface area (Å²) in [6.07, 6.45) is 0. The first-order valence-corrected chi connectivity index (χ1v) is 6.87. The molecule has 0 heterocycles. The molecule has 0 saturated carbocycles. The van der Waals surface area contributed by atoms with E-state index in [0.717, 1.165) is 11.4 Å². The lowest BCUT2D eigenvalue weighted by molar-refractivity contribution is 1.59. The molecule has 0 aromatic heterocycles. The minimum absolute atomic E-state index is 0.459. The first-order valence-electron chi connectivity index (χ1n) is 5.33. The third-order valence-electron chi connectivity index (χ3n) is 2.28. The van der Waals surface area contributed by atoms with Gasteiger partial charge in [-0.3, -0.25) is 0 Å². The average molecular weight is 332 g/mol. The minimum atomic E-state index is 0.459. The van der Waals surface area contributed by atoms with Gasteiger partial charge in [-0.05, 0) is 54.7 Å². The Morgan fingerprint density at radius 2 is 1.37 bits per heavy atom. The summed E-state index contributed by atoms with van der Waals surface area (Å²) in [4.78, 5) is 0. The van der Waals surface area contributed by atoms with Crippen molar-refractivity contribution < 1.29 is 0 Å². The number of thiocarbonyl (C=S) groups is 1. The Labute approximate surface area is 131 Å². The Kier molecular flexibility index (Phi) is 4.88. The van der Waals surface area contributed by atoms with E-state index in [4.69, 9.17) is 47.0 Å². The molecule has 2 N–H and O–H groups in total. The molecule has 0 radical (unpaired) electrons. The van der Waals surface area contributed by atoms with Crippen molar-refractivity contribution in [2.75, 3.05) is 10.6 Å². The van der Waals surface area contributed by atoms with Crippen molar-refractivity contribution in [3.8, 4) is 0 Å². The van der Waals surface area contributed by atoms with E-state index in [2.05, 4.69) is 10.6 Å².